The van der Waals surface area contributed by atoms with Crippen LogP contribution in [0.2, 0.25) is 0 Å². The van der Waals surface area contributed by atoms with E-state index in [1.165, 1.54) is 0 Å². The Morgan fingerprint density at radius 2 is 2.00 bits per heavy atom. The van der Waals surface area contributed by atoms with Crippen molar-refractivity contribution in [1.82, 2.24) is 0 Å². The Kier molecular flexibility index (Phi) is 4.17. The summed E-state index contributed by atoms with van der Waals surface area (Å²) in [5.41, 5.74) is -1.25. The smallest absolute Gasteiger partial charge is 0.418 e. The predicted octanol–water partition coefficient (Wildman–Crippen LogP) is 1.69. The van der Waals surface area contributed by atoms with Crippen LogP contribution in [0.5, 0.6) is 0 Å². The van der Waals surface area contributed by atoms with Crippen molar-refractivity contribution in [3.63, 3.8) is 0 Å². The zero-order valence-corrected chi connectivity index (χ0v) is 5.61. The molecule has 0 atom stereocenters. The molecule has 52 valence electrons. The third kappa shape index (κ3) is 5.39. The van der Waals surface area contributed by atoms with E-state index in [1.54, 1.807) is 0 Å². The molecule has 0 aromatic rings. The third-order valence-corrected chi connectivity index (χ3v) is 0.522. The molecule has 0 N–H and O–H groups in total. The lowest BCUT2D eigenvalue weighted by Crippen LogP contribution is -2.07. The summed E-state index contributed by atoms with van der Waals surface area (Å²) < 4.78 is 7.62. The van der Waals surface area contributed by atoms with Crippen molar-refractivity contribution in [3.05, 3.63) is 0 Å². The van der Waals surface area contributed by atoms with Gasteiger partial charge in [0, 0.05) is 11.6 Å². The lowest BCUT2D eigenvalue weighted by Gasteiger charge is -1.94. The zero-order valence-electron chi connectivity index (χ0n) is 4.10. The minimum Gasteiger partial charge on any atom is -0.418 e. The van der Waals surface area contributed by atoms with Crippen LogP contribution in [0.3, 0.4) is 0 Å². The quantitative estimate of drug-likeness (QED) is 0.262. The molecule has 0 amide bonds. The molecule has 9 heavy (non-hydrogen) atoms. The topological polar surface area (TPSA) is 52.6 Å². The first-order chi connectivity index (χ1) is 4.16. The molecule has 0 fully saturated rings. The van der Waals surface area contributed by atoms with Crippen molar-refractivity contribution in [1.29, 1.82) is 0 Å². The van der Waals surface area contributed by atoms with E-state index < -0.39 is 11.6 Å². The van der Waals surface area contributed by atoms with Crippen molar-refractivity contribution in [3.8, 4) is 0 Å². The van der Waals surface area contributed by atoms with Crippen LogP contribution < -0.4 is 0 Å². The van der Waals surface area contributed by atoms with Crippen molar-refractivity contribution < 1.29 is 19.1 Å². The van der Waals surface area contributed by atoms with E-state index in [0.717, 1.165) is 0 Å². The monoisotopic (exact) mass is 172 g/mol. The van der Waals surface area contributed by atoms with E-state index in [1.807, 2.05) is 0 Å². The zero-order chi connectivity index (χ0) is 7.28. The highest BCUT2D eigenvalue weighted by atomic mass is 35.5. The Bertz CT molecular complexity index is 123. The standard InChI is InChI=1S/C3H2Cl2O4/c4-1-8-3(7)9-2(5)6/h1H2. The molecule has 0 aromatic heterocycles. The maximum absolute atomic E-state index is 10.0. The molecule has 6 heteroatoms. The largest absolute Gasteiger partial charge is 0.518 e. The first kappa shape index (κ1) is 8.52. The molecule has 0 spiro atoms. The summed E-state index contributed by atoms with van der Waals surface area (Å²) in [7, 11) is 0. The molecule has 0 aromatic carbocycles. The van der Waals surface area contributed by atoms with Crippen molar-refractivity contribution in [2.24, 2.45) is 0 Å². The molecule has 0 rings (SSSR count). The van der Waals surface area contributed by atoms with Crippen LogP contribution in [0.1, 0.15) is 0 Å². The Morgan fingerprint density at radius 3 is 2.33 bits per heavy atom. The van der Waals surface area contributed by atoms with Crippen LogP contribution in [-0.2, 0) is 9.47 Å². The Morgan fingerprint density at radius 1 is 1.44 bits per heavy atom. The van der Waals surface area contributed by atoms with Gasteiger partial charge in [0.05, 0.1) is 0 Å². The number of hydrogen-bond acceptors (Lipinski definition) is 4. The van der Waals surface area contributed by atoms with Crippen LogP contribution in [0, 0.1) is 0 Å². The fourth-order valence-corrected chi connectivity index (χ4v) is 0.292. The number of alkyl halides is 1. The maximum Gasteiger partial charge on any atom is 0.518 e. The van der Waals surface area contributed by atoms with Gasteiger partial charge in [0.15, 0.2) is 6.07 Å². The van der Waals surface area contributed by atoms with Gasteiger partial charge in [-0.2, -0.15) is 0 Å². The van der Waals surface area contributed by atoms with Gasteiger partial charge in [-0.3, -0.25) is 0 Å². The summed E-state index contributed by atoms with van der Waals surface area (Å²) in [6.07, 6.45) is -1.20. The lowest BCUT2D eigenvalue weighted by atomic mass is 11.3. The third-order valence-electron chi connectivity index (χ3n) is 0.336. The Labute approximate surface area is 60.6 Å². The number of carbonyl (C=O) groups excluding carboxylic acids is 2. The second-order valence-electron chi connectivity index (χ2n) is 0.843. The molecular formula is C3H2Cl2O4. The average molecular weight is 173 g/mol. The average Bonchev–Trinajstić information content (AvgIpc) is 1.63. The van der Waals surface area contributed by atoms with Crippen molar-refractivity contribution in [2.75, 3.05) is 6.07 Å². The molecule has 0 radical (unpaired) electrons. The number of halogens is 2. The molecule has 0 heterocycles. The van der Waals surface area contributed by atoms with Crippen molar-refractivity contribution >= 4 is 34.8 Å². The van der Waals surface area contributed by atoms with E-state index in [4.69, 9.17) is 11.6 Å². The number of hydrogen-bond donors (Lipinski definition) is 0. The van der Waals surface area contributed by atoms with Gasteiger partial charge in [-0.05, 0) is 0 Å². The molecule has 0 aliphatic carbocycles. The van der Waals surface area contributed by atoms with Gasteiger partial charge in [0.2, 0.25) is 0 Å². The van der Waals surface area contributed by atoms with Gasteiger partial charge >= 0.3 is 11.6 Å². The normalized spacial score (nSPS) is 8.22. The second-order valence-corrected chi connectivity index (χ2v) is 1.37. The van der Waals surface area contributed by atoms with Crippen molar-refractivity contribution in [2.45, 2.75) is 0 Å². The van der Waals surface area contributed by atoms with E-state index >= 15 is 0 Å². The van der Waals surface area contributed by atoms with E-state index in [2.05, 4.69) is 21.1 Å². The SMILES string of the molecule is O=C(Cl)OC(=O)OCCl. The van der Waals surface area contributed by atoms with E-state index in [0.29, 0.717) is 0 Å². The second kappa shape index (κ2) is 4.40. The van der Waals surface area contributed by atoms with Crippen LogP contribution in [0.25, 0.3) is 0 Å². The highest BCUT2D eigenvalue weighted by Gasteiger charge is 2.06. The van der Waals surface area contributed by atoms with E-state index in [-0.39, 0.29) is 6.07 Å². The molecule has 0 bridgehead atoms. The summed E-state index contributed by atoms with van der Waals surface area (Å²) in [6, 6.07) is -0.372. The molecule has 0 aliphatic rings. The fourth-order valence-electron chi connectivity index (χ4n) is 0.140. The van der Waals surface area contributed by atoms with Gasteiger partial charge < -0.3 is 9.47 Å². The van der Waals surface area contributed by atoms with Crippen LogP contribution in [-0.4, -0.2) is 17.6 Å². The highest BCUT2D eigenvalue weighted by molar-refractivity contribution is 6.61. The van der Waals surface area contributed by atoms with Crippen LogP contribution in [0.15, 0.2) is 0 Å². The lowest BCUT2D eigenvalue weighted by molar-refractivity contribution is 0.0965. The maximum atomic E-state index is 10.0. The first-order valence-corrected chi connectivity index (χ1v) is 2.68. The minimum atomic E-state index is -1.25. The number of rotatable bonds is 1. The molecule has 0 saturated heterocycles. The summed E-state index contributed by atoms with van der Waals surface area (Å²) >= 11 is 9.51. The first-order valence-electron chi connectivity index (χ1n) is 1.77. The number of ether oxygens (including phenoxy) is 2. The summed E-state index contributed by atoms with van der Waals surface area (Å²) in [5, 5.41) is 0. The Balaban J connectivity index is 3.39. The molecule has 0 unspecified atom stereocenters. The molecular weight excluding hydrogens is 171 g/mol. The predicted molar refractivity (Wildman–Crippen MR) is 29.5 cm³/mol. The molecule has 0 aliphatic heterocycles. The molecule has 0 saturated carbocycles. The highest BCUT2D eigenvalue weighted by Crippen LogP contribution is 1.91. The Hall–Kier alpha value is -0.480. The summed E-state index contributed by atoms with van der Waals surface area (Å²) in [6.45, 7) is 0. The summed E-state index contributed by atoms with van der Waals surface area (Å²) in [4.78, 5) is 19.7. The number of carbonyl (C=O) groups is 2. The van der Waals surface area contributed by atoms with Gasteiger partial charge in [-0.1, -0.05) is 11.6 Å². The van der Waals surface area contributed by atoms with Gasteiger partial charge in [0.1, 0.15) is 0 Å². The van der Waals surface area contributed by atoms with Gasteiger partial charge in [0.25, 0.3) is 0 Å². The molecule has 4 nitrogen and oxygen atoms in total. The van der Waals surface area contributed by atoms with Crippen LogP contribution in [0.4, 0.5) is 9.59 Å². The van der Waals surface area contributed by atoms with Gasteiger partial charge in [-0.25, -0.2) is 9.59 Å². The fraction of sp³-hybridized carbons (Fsp3) is 0.333. The minimum absolute atomic E-state index is 0.372. The van der Waals surface area contributed by atoms with Gasteiger partial charge in [-0.15, -0.1) is 0 Å². The summed E-state index contributed by atoms with van der Waals surface area (Å²) in [5.74, 6) is 0. The van der Waals surface area contributed by atoms with Crippen LogP contribution >= 0.6 is 23.2 Å². The van der Waals surface area contributed by atoms with E-state index in [9.17, 15) is 9.59 Å².